The zero-order valence-electron chi connectivity index (χ0n) is 10.6. The molecule has 20 heavy (non-hydrogen) atoms. The maximum atomic E-state index is 12.0. The van der Waals surface area contributed by atoms with E-state index in [1.54, 1.807) is 12.1 Å². The van der Waals surface area contributed by atoms with Gasteiger partial charge in [-0.1, -0.05) is 0 Å². The van der Waals surface area contributed by atoms with E-state index in [-0.39, 0.29) is 16.6 Å². The van der Waals surface area contributed by atoms with Crippen molar-refractivity contribution in [2.75, 3.05) is 10.5 Å². The average molecular weight is 292 g/mol. The zero-order chi connectivity index (χ0) is 14.8. The van der Waals surface area contributed by atoms with E-state index in [0.29, 0.717) is 11.3 Å². The molecule has 0 atom stereocenters. The monoisotopic (exact) mass is 292 g/mol. The van der Waals surface area contributed by atoms with E-state index >= 15 is 0 Å². The van der Waals surface area contributed by atoms with Gasteiger partial charge in [0, 0.05) is 11.3 Å². The molecule has 0 aliphatic heterocycles. The van der Waals surface area contributed by atoms with Gasteiger partial charge in [0.25, 0.3) is 10.0 Å². The number of rotatable bonds is 4. The van der Waals surface area contributed by atoms with Gasteiger partial charge < -0.3 is 5.73 Å². The summed E-state index contributed by atoms with van der Waals surface area (Å²) in [5.41, 5.74) is 6.14. The van der Waals surface area contributed by atoms with Crippen LogP contribution in [-0.4, -0.2) is 24.2 Å². The van der Waals surface area contributed by atoms with Gasteiger partial charge in [-0.15, -0.1) is 0 Å². The van der Waals surface area contributed by atoms with E-state index in [4.69, 9.17) is 5.73 Å². The standard InChI is InChI=1S/C12H12N4O3S/c1-8(17)9-2-4-10(5-3-9)16-20(18,19)11-6-14-12(13)15-7-11/h2-7,16H,1H3,(H2,13,14,15). The Morgan fingerprint density at radius 1 is 1.15 bits per heavy atom. The molecule has 8 heteroatoms. The van der Waals surface area contributed by atoms with Crippen LogP contribution in [0.5, 0.6) is 0 Å². The second-order valence-electron chi connectivity index (χ2n) is 4.02. The number of ketones is 1. The van der Waals surface area contributed by atoms with Crippen molar-refractivity contribution in [1.82, 2.24) is 9.97 Å². The Morgan fingerprint density at radius 2 is 1.70 bits per heavy atom. The van der Waals surface area contributed by atoms with E-state index in [2.05, 4.69) is 14.7 Å². The zero-order valence-corrected chi connectivity index (χ0v) is 11.4. The third kappa shape index (κ3) is 3.09. The van der Waals surface area contributed by atoms with Crippen LogP contribution in [0.2, 0.25) is 0 Å². The van der Waals surface area contributed by atoms with Crippen molar-refractivity contribution in [3.05, 3.63) is 42.2 Å². The number of hydrogen-bond donors (Lipinski definition) is 2. The average Bonchev–Trinajstić information content (AvgIpc) is 2.39. The molecule has 0 unspecified atom stereocenters. The highest BCUT2D eigenvalue weighted by Gasteiger charge is 2.15. The predicted molar refractivity (Wildman–Crippen MR) is 73.7 cm³/mol. The number of carbonyl (C=O) groups excluding carboxylic acids is 1. The molecule has 1 aromatic heterocycles. The van der Waals surface area contributed by atoms with Gasteiger partial charge in [0.1, 0.15) is 4.90 Å². The third-order valence-electron chi connectivity index (χ3n) is 2.50. The SMILES string of the molecule is CC(=O)c1ccc(NS(=O)(=O)c2cnc(N)nc2)cc1. The molecule has 0 aliphatic carbocycles. The predicted octanol–water partition coefficient (Wildman–Crippen LogP) is 1.06. The number of nitrogens with zero attached hydrogens (tertiary/aromatic N) is 2. The van der Waals surface area contributed by atoms with Crippen molar-refractivity contribution in [3.8, 4) is 0 Å². The van der Waals surface area contributed by atoms with Crippen molar-refractivity contribution in [3.63, 3.8) is 0 Å². The lowest BCUT2D eigenvalue weighted by Crippen LogP contribution is -2.14. The highest BCUT2D eigenvalue weighted by atomic mass is 32.2. The molecule has 104 valence electrons. The first-order valence-electron chi connectivity index (χ1n) is 5.60. The summed E-state index contributed by atoms with van der Waals surface area (Å²) >= 11 is 0. The molecule has 0 aliphatic rings. The Kier molecular flexibility index (Phi) is 3.66. The van der Waals surface area contributed by atoms with Crippen LogP contribution in [0.3, 0.4) is 0 Å². The van der Waals surface area contributed by atoms with E-state index in [9.17, 15) is 13.2 Å². The second-order valence-corrected chi connectivity index (χ2v) is 5.70. The minimum absolute atomic E-state index is 0.00485. The van der Waals surface area contributed by atoms with Crippen molar-refractivity contribution in [2.24, 2.45) is 0 Å². The van der Waals surface area contributed by atoms with Crippen LogP contribution in [-0.2, 0) is 10.0 Å². The summed E-state index contributed by atoms with van der Waals surface area (Å²) < 4.78 is 26.4. The fraction of sp³-hybridized carbons (Fsp3) is 0.0833. The number of carbonyl (C=O) groups is 1. The molecule has 2 aromatic rings. The molecule has 0 saturated heterocycles. The number of nitrogen functional groups attached to an aromatic ring is 1. The van der Waals surface area contributed by atoms with Gasteiger partial charge in [-0.3, -0.25) is 9.52 Å². The molecule has 0 spiro atoms. The fourth-order valence-electron chi connectivity index (χ4n) is 1.45. The Labute approximate surface area is 115 Å². The third-order valence-corrected chi connectivity index (χ3v) is 3.84. The van der Waals surface area contributed by atoms with Gasteiger partial charge in [-0.05, 0) is 31.2 Å². The Morgan fingerprint density at radius 3 is 2.20 bits per heavy atom. The van der Waals surface area contributed by atoms with E-state index in [1.807, 2.05) is 0 Å². The quantitative estimate of drug-likeness (QED) is 0.814. The van der Waals surface area contributed by atoms with Gasteiger partial charge in [0.15, 0.2) is 5.78 Å². The number of nitrogens with one attached hydrogen (secondary N) is 1. The minimum atomic E-state index is -3.78. The first kappa shape index (κ1) is 13.9. The molecule has 0 bridgehead atoms. The van der Waals surface area contributed by atoms with Crippen molar-refractivity contribution < 1.29 is 13.2 Å². The van der Waals surface area contributed by atoms with Crippen LogP contribution < -0.4 is 10.5 Å². The molecule has 2 rings (SSSR count). The summed E-state index contributed by atoms with van der Waals surface area (Å²) in [4.78, 5) is 18.3. The normalized spacial score (nSPS) is 11.1. The first-order chi connectivity index (χ1) is 9.38. The second kappa shape index (κ2) is 5.25. The Bertz CT molecular complexity index is 724. The lowest BCUT2D eigenvalue weighted by Gasteiger charge is -2.07. The van der Waals surface area contributed by atoms with E-state index < -0.39 is 10.0 Å². The molecule has 1 heterocycles. The van der Waals surface area contributed by atoms with Crippen molar-refractivity contribution in [1.29, 1.82) is 0 Å². The van der Waals surface area contributed by atoms with Gasteiger partial charge >= 0.3 is 0 Å². The van der Waals surface area contributed by atoms with Gasteiger partial charge in [0.2, 0.25) is 5.95 Å². The fourth-order valence-corrected chi connectivity index (χ4v) is 2.40. The molecule has 0 saturated carbocycles. The molecule has 0 fully saturated rings. The Balaban J connectivity index is 2.24. The van der Waals surface area contributed by atoms with E-state index in [0.717, 1.165) is 12.4 Å². The molecular formula is C12H12N4O3S. The summed E-state index contributed by atoms with van der Waals surface area (Å²) in [6.07, 6.45) is 2.24. The van der Waals surface area contributed by atoms with Crippen LogP contribution in [0.4, 0.5) is 11.6 Å². The molecule has 3 N–H and O–H groups in total. The summed E-state index contributed by atoms with van der Waals surface area (Å²) in [5, 5.41) is 0. The number of hydrogen-bond acceptors (Lipinski definition) is 6. The van der Waals surface area contributed by atoms with Gasteiger partial charge in [-0.2, -0.15) is 0 Å². The first-order valence-corrected chi connectivity index (χ1v) is 7.08. The maximum Gasteiger partial charge on any atom is 0.264 e. The number of Topliss-reactive ketones (excluding diaryl/α,β-unsaturated/α-hetero) is 1. The minimum Gasteiger partial charge on any atom is -0.368 e. The molecule has 7 nitrogen and oxygen atoms in total. The number of aromatic nitrogens is 2. The summed E-state index contributed by atoms with van der Waals surface area (Å²) in [6, 6.07) is 6.10. The van der Waals surface area contributed by atoms with E-state index in [1.165, 1.54) is 19.1 Å². The smallest absolute Gasteiger partial charge is 0.264 e. The largest absolute Gasteiger partial charge is 0.368 e. The summed E-state index contributed by atoms with van der Waals surface area (Å²) in [6.45, 7) is 1.44. The lowest BCUT2D eigenvalue weighted by atomic mass is 10.1. The van der Waals surface area contributed by atoms with Crippen LogP contribution in [0.25, 0.3) is 0 Å². The Hall–Kier alpha value is -2.48. The van der Waals surface area contributed by atoms with Crippen LogP contribution in [0, 0.1) is 0 Å². The summed E-state index contributed by atoms with van der Waals surface area (Å²) in [5.74, 6) is -0.0962. The summed E-state index contributed by atoms with van der Waals surface area (Å²) in [7, 11) is -3.78. The molecule has 0 radical (unpaired) electrons. The topological polar surface area (TPSA) is 115 Å². The van der Waals surface area contributed by atoms with Crippen molar-refractivity contribution >= 4 is 27.4 Å². The number of sulfonamides is 1. The highest BCUT2D eigenvalue weighted by Crippen LogP contribution is 2.16. The van der Waals surface area contributed by atoms with Gasteiger partial charge in [0.05, 0.1) is 12.4 Å². The van der Waals surface area contributed by atoms with Crippen LogP contribution in [0.15, 0.2) is 41.6 Å². The molecule has 0 amide bonds. The molecule has 1 aromatic carbocycles. The van der Waals surface area contributed by atoms with Gasteiger partial charge in [-0.25, -0.2) is 18.4 Å². The van der Waals surface area contributed by atoms with Crippen LogP contribution in [0.1, 0.15) is 17.3 Å². The maximum absolute atomic E-state index is 12.0. The van der Waals surface area contributed by atoms with Crippen molar-refractivity contribution in [2.45, 2.75) is 11.8 Å². The molecular weight excluding hydrogens is 280 g/mol. The highest BCUT2D eigenvalue weighted by molar-refractivity contribution is 7.92. The number of nitrogens with two attached hydrogens (primary N) is 1. The number of anilines is 2. The number of benzene rings is 1. The lowest BCUT2D eigenvalue weighted by molar-refractivity contribution is 0.101. The van der Waals surface area contributed by atoms with Crippen LogP contribution >= 0.6 is 0 Å².